The number of nitrogens with one attached hydrogen (secondary N) is 1. The van der Waals surface area contributed by atoms with E-state index in [4.69, 9.17) is 0 Å². The molecule has 6 heteroatoms. The number of benzene rings is 1. The van der Waals surface area contributed by atoms with Crippen molar-refractivity contribution in [1.82, 2.24) is 5.32 Å². The summed E-state index contributed by atoms with van der Waals surface area (Å²) in [6, 6.07) is 4.67. The summed E-state index contributed by atoms with van der Waals surface area (Å²) < 4.78 is 35.5. The largest absolute Gasteiger partial charge is 0.313 e. The SMILES string of the molecule is CS(=O)(=O)CCCNCc1cc(F)cc(Br)c1. The van der Waals surface area contributed by atoms with E-state index in [2.05, 4.69) is 21.2 Å². The third-order valence-electron chi connectivity index (χ3n) is 2.12. The van der Waals surface area contributed by atoms with Crippen LogP contribution in [0, 0.1) is 5.82 Å². The van der Waals surface area contributed by atoms with Crippen LogP contribution < -0.4 is 5.32 Å². The predicted octanol–water partition coefficient (Wildman–Crippen LogP) is 2.11. The van der Waals surface area contributed by atoms with Crippen LogP contribution in [-0.2, 0) is 16.4 Å². The second-order valence-corrected chi connectivity index (χ2v) is 7.11. The molecule has 0 aliphatic carbocycles. The molecule has 0 unspecified atom stereocenters. The number of hydrogen-bond acceptors (Lipinski definition) is 3. The summed E-state index contributed by atoms with van der Waals surface area (Å²) in [6.07, 6.45) is 1.78. The maximum Gasteiger partial charge on any atom is 0.147 e. The Kier molecular flexibility index (Phi) is 5.55. The monoisotopic (exact) mass is 323 g/mol. The Hall–Kier alpha value is -0.460. The van der Waals surface area contributed by atoms with Crippen molar-refractivity contribution in [2.75, 3.05) is 18.6 Å². The zero-order chi connectivity index (χ0) is 12.9. The second-order valence-electron chi connectivity index (χ2n) is 3.94. The Morgan fingerprint density at radius 1 is 1.35 bits per heavy atom. The fourth-order valence-corrected chi connectivity index (χ4v) is 2.59. The molecule has 1 rings (SSSR count). The Morgan fingerprint density at radius 3 is 2.65 bits per heavy atom. The van der Waals surface area contributed by atoms with Crippen molar-refractivity contribution in [2.24, 2.45) is 0 Å². The van der Waals surface area contributed by atoms with E-state index in [1.54, 1.807) is 0 Å². The summed E-state index contributed by atoms with van der Waals surface area (Å²) in [5.41, 5.74) is 0.830. The first-order chi connectivity index (χ1) is 7.87. The lowest BCUT2D eigenvalue weighted by Gasteiger charge is -2.05. The van der Waals surface area contributed by atoms with E-state index in [0.29, 0.717) is 24.0 Å². The fourth-order valence-electron chi connectivity index (χ4n) is 1.41. The van der Waals surface area contributed by atoms with Gasteiger partial charge in [-0.05, 0) is 36.7 Å². The zero-order valence-corrected chi connectivity index (χ0v) is 11.9. The summed E-state index contributed by atoms with van der Waals surface area (Å²) in [7, 11) is -2.89. The maximum atomic E-state index is 13.0. The Bertz CT molecular complexity index is 456. The highest BCUT2D eigenvalue weighted by atomic mass is 79.9. The molecule has 0 aromatic heterocycles. The van der Waals surface area contributed by atoms with Crippen LogP contribution in [0.25, 0.3) is 0 Å². The molecule has 1 aromatic carbocycles. The van der Waals surface area contributed by atoms with E-state index in [1.165, 1.54) is 18.4 Å². The third-order valence-corrected chi connectivity index (χ3v) is 3.61. The Balaban J connectivity index is 2.31. The molecule has 0 saturated carbocycles. The average Bonchev–Trinajstić information content (AvgIpc) is 2.13. The van der Waals surface area contributed by atoms with Gasteiger partial charge >= 0.3 is 0 Å². The molecular weight excluding hydrogens is 309 g/mol. The smallest absolute Gasteiger partial charge is 0.147 e. The van der Waals surface area contributed by atoms with E-state index >= 15 is 0 Å². The molecule has 0 spiro atoms. The molecule has 0 saturated heterocycles. The number of sulfone groups is 1. The average molecular weight is 324 g/mol. The molecule has 0 aliphatic heterocycles. The van der Waals surface area contributed by atoms with Gasteiger partial charge in [0.15, 0.2) is 0 Å². The minimum Gasteiger partial charge on any atom is -0.313 e. The Labute approximate surface area is 109 Å². The van der Waals surface area contributed by atoms with Crippen LogP contribution in [0.5, 0.6) is 0 Å². The summed E-state index contributed by atoms with van der Waals surface area (Å²) in [4.78, 5) is 0. The highest BCUT2D eigenvalue weighted by molar-refractivity contribution is 9.10. The van der Waals surface area contributed by atoms with Crippen molar-refractivity contribution < 1.29 is 12.8 Å². The van der Waals surface area contributed by atoms with Gasteiger partial charge in [-0.15, -0.1) is 0 Å². The minimum atomic E-state index is -2.89. The van der Waals surface area contributed by atoms with Gasteiger partial charge in [0.05, 0.1) is 5.75 Å². The molecule has 0 fully saturated rings. The van der Waals surface area contributed by atoms with Crippen LogP contribution in [0.1, 0.15) is 12.0 Å². The van der Waals surface area contributed by atoms with E-state index in [1.807, 2.05) is 6.07 Å². The third kappa shape index (κ3) is 6.75. The van der Waals surface area contributed by atoms with E-state index < -0.39 is 9.84 Å². The lowest BCUT2D eigenvalue weighted by Crippen LogP contribution is -2.17. The van der Waals surface area contributed by atoms with Crippen molar-refractivity contribution in [2.45, 2.75) is 13.0 Å². The molecule has 0 bridgehead atoms. The first kappa shape index (κ1) is 14.6. The molecule has 17 heavy (non-hydrogen) atoms. The van der Waals surface area contributed by atoms with Gasteiger partial charge in [0.25, 0.3) is 0 Å². The van der Waals surface area contributed by atoms with Crippen LogP contribution in [0.4, 0.5) is 4.39 Å². The summed E-state index contributed by atoms with van der Waals surface area (Å²) in [5.74, 6) is -0.111. The number of rotatable bonds is 6. The van der Waals surface area contributed by atoms with Crippen LogP contribution in [0.15, 0.2) is 22.7 Å². The number of halogens is 2. The predicted molar refractivity (Wildman–Crippen MR) is 70.1 cm³/mol. The van der Waals surface area contributed by atoms with Gasteiger partial charge in [0.1, 0.15) is 15.7 Å². The highest BCUT2D eigenvalue weighted by Gasteiger charge is 2.02. The summed E-state index contributed by atoms with van der Waals surface area (Å²) >= 11 is 3.21. The van der Waals surface area contributed by atoms with E-state index in [9.17, 15) is 12.8 Å². The molecule has 3 nitrogen and oxygen atoms in total. The molecular formula is C11H15BrFNO2S. The van der Waals surface area contributed by atoms with Crippen molar-refractivity contribution >= 4 is 25.8 Å². The normalized spacial score (nSPS) is 11.7. The van der Waals surface area contributed by atoms with Crippen molar-refractivity contribution in [3.05, 3.63) is 34.1 Å². The highest BCUT2D eigenvalue weighted by Crippen LogP contribution is 2.14. The standard InChI is InChI=1S/C11H15BrFNO2S/c1-17(15,16)4-2-3-14-8-9-5-10(12)7-11(13)6-9/h5-7,14H,2-4,8H2,1H3. The van der Waals surface area contributed by atoms with Gasteiger partial charge in [-0.25, -0.2) is 12.8 Å². The van der Waals surface area contributed by atoms with Crippen LogP contribution in [-0.4, -0.2) is 27.0 Å². The molecule has 96 valence electrons. The first-order valence-corrected chi connectivity index (χ1v) is 8.05. The van der Waals surface area contributed by atoms with Crippen molar-refractivity contribution in [1.29, 1.82) is 0 Å². The quantitative estimate of drug-likeness (QED) is 0.816. The minimum absolute atomic E-state index is 0.173. The summed E-state index contributed by atoms with van der Waals surface area (Å²) in [6.45, 7) is 1.13. The van der Waals surface area contributed by atoms with Crippen LogP contribution >= 0.6 is 15.9 Å². The van der Waals surface area contributed by atoms with Crippen LogP contribution in [0.2, 0.25) is 0 Å². The van der Waals surface area contributed by atoms with Gasteiger partial charge in [0, 0.05) is 17.3 Å². The zero-order valence-electron chi connectivity index (χ0n) is 9.54. The Morgan fingerprint density at radius 2 is 2.06 bits per heavy atom. The lowest BCUT2D eigenvalue weighted by molar-refractivity contribution is 0.593. The topological polar surface area (TPSA) is 46.2 Å². The van der Waals surface area contributed by atoms with Gasteiger partial charge in [-0.2, -0.15) is 0 Å². The van der Waals surface area contributed by atoms with Gasteiger partial charge in [-0.1, -0.05) is 15.9 Å². The molecule has 0 radical (unpaired) electrons. The van der Waals surface area contributed by atoms with Crippen molar-refractivity contribution in [3.8, 4) is 0 Å². The van der Waals surface area contributed by atoms with Gasteiger partial charge in [-0.3, -0.25) is 0 Å². The molecule has 0 atom stereocenters. The fraction of sp³-hybridized carbons (Fsp3) is 0.455. The second kappa shape index (κ2) is 6.47. The van der Waals surface area contributed by atoms with Gasteiger partial charge in [0.2, 0.25) is 0 Å². The molecule has 0 amide bonds. The molecule has 1 N–H and O–H groups in total. The molecule has 0 heterocycles. The van der Waals surface area contributed by atoms with E-state index in [0.717, 1.165) is 5.56 Å². The maximum absolute atomic E-state index is 13.0. The summed E-state index contributed by atoms with van der Waals surface area (Å²) in [5, 5.41) is 3.08. The number of hydrogen-bond donors (Lipinski definition) is 1. The van der Waals surface area contributed by atoms with E-state index in [-0.39, 0.29) is 11.6 Å². The molecule has 1 aromatic rings. The first-order valence-electron chi connectivity index (χ1n) is 5.20. The molecule has 0 aliphatic rings. The lowest BCUT2D eigenvalue weighted by atomic mass is 10.2. The van der Waals surface area contributed by atoms with Crippen molar-refractivity contribution in [3.63, 3.8) is 0 Å². The van der Waals surface area contributed by atoms with Gasteiger partial charge < -0.3 is 5.32 Å². The van der Waals surface area contributed by atoms with Crippen LogP contribution in [0.3, 0.4) is 0 Å².